The number of hydrogen-bond acceptors (Lipinski definition) is 7. The predicted octanol–water partition coefficient (Wildman–Crippen LogP) is 3.39. The van der Waals surface area contributed by atoms with Crippen molar-refractivity contribution >= 4 is 34.6 Å². The van der Waals surface area contributed by atoms with Crippen LogP contribution in [0.15, 0.2) is 24.5 Å². The zero-order chi connectivity index (χ0) is 15.6. The minimum atomic E-state index is -0.848. The molecule has 0 atom stereocenters. The molecular formula is C10H4Cl2N4O5. The van der Waals surface area contributed by atoms with Crippen LogP contribution in [0.4, 0.5) is 11.4 Å². The molecule has 9 nitrogen and oxygen atoms in total. The van der Waals surface area contributed by atoms with E-state index in [4.69, 9.17) is 27.9 Å². The maximum Gasteiger partial charge on any atom is 0.368 e. The molecule has 0 spiro atoms. The van der Waals surface area contributed by atoms with Crippen LogP contribution in [0, 0.1) is 20.2 Å². The Morgan fingerprint density at radius 2 is 1.81 bits per heavy atom. The number of nitro benzene ring substituents is 1. The van der Waals surface area contributed by atoms with Crippen molar-refractivity contribution < 1.29 is 14.6 Å². The van der Waals surface area contributed by atoms with Gasteiger partial charge < -0.3 is 4.74 Å². The van der Waals surface area contributed by atoms with Crippen LogP contribution >= 0.6 is 23.2 Å². The molecular weight excluding hydrogens is 327 g/mol. The summed E-state index contributed by atoms with van der Waals surface area (Å²) < 4.78 is 5.12. The molecule has 0 saturated carbocycles. The number of rotatable bonds is 4. The average Bonchev–Trinajstić information content (AvgIpc) is 2.40. The van der Waals surface area contributed by atoms with Gasteiger partial charge in [-0.25, -0.2) is 4.98 Å². The summed E-state index contributed by atoms with van der Waals surface area (Å²) >= 11 is 11.2. The molecule has 0 amide bonds. The van der Waals surface area contributed by atoms with Crippen molar-refractivity contribution in [3.8, 4) is 11.6 Å². The highest BCUT2D eigenvalue weighted by molar-refractivity contribution is 6.31. The topological polar surface area (TPSA) is 121 Å². The maximum atomic E-state index is 10.9. The number of halogens is 2. The third-order valence-electron chi connectivity index (χ3n) is 2.25. The highest BCUT2D eigenvalue weighted by Crippen LogP contribution is 2.38. The number of hydrogen-bond donors (Lipinski definition) is 0. The first-order chi connectivity index (χ1) is 9.90. The fourth-order valence-corrected chi connectivity index (χ4v) is 1.75. The van der Waals surface area contributed by atoms with Crippen molar-refractivity contribution in [3.05, 3.63) is 54.9 Å². The van der Waals surface area contributed by atoms with E-state index >= 15 is 0 Å². The van der Waals surface area contributed by atoms with Crippen LogP contribution < -0.4 is 4.74 Å². The van der Waals surface area contributed by atoms with Gasteiger partial charge in [0.1, 0.15) is 6.33 Å². The second kappa shape index (κ2) is 5.85. The fourth-order valence-electron chi connectivity index (χ4n) is 1.39. The van der Waals surface area contributed by atoms with Gasteiger partial charge in [0.15, 0.2) is 0 Å². The predicted molar refractivity (Wildman–Crippen MR) is 71.9 cm³/mol. The van der Waals surface area contributed by atoms with E-state index in [2.05, 4.69) is 9.97 Å². The largest absolute Gasteiger partial charge is 0.426 e. The number of aromatic nitrogens is 2. The molecule has 0 N–H and O–H groups in total. The Bertz CT molecular complexity index is 739. The van der Waals surface area contributed by atoms with Crippen LogP contribution in [0.25, 0.3) is 0 Å². The van der Waals surface area contributed by atoms with Crippen molar-refractivity contribution in [3.63, 3.8) is 0 Å². The van der Waals surface area contributed by atoms with Crippen LogP contribution in [0.5, 0.6) is 11.6 Å². The summed E-state index contributed by atoms with van der Waals surface area (Å²) in [6.45, 7) is 0. The molecule has 0 bridgehead atoms. The molecule has 0 aliphatic carbocycles. The lowest BCUT2D eigenvalue weighted by Crippen LogP contribution is -2.00. The smallest absolute Gasteiger partial charge is 0.368 e. The minimum absolute atomic E-state index is 0.115. The van der Waals surface area contributed by atoms with Crippen LogP contribution in [0.3, 0.4) is 0 Å². The zero-order valence-electron chi connectivity index (χ0n) is 9.90. The lowest BCUT2D eigenvalue weighted by molar-refractivity contribution is -0.387. The molecule has 0 radical (unpaired) electrons. The van der Waals surface area contributed by atoms with E-state index in [1.807, 2.05) is 0 Å². The molecule has 21 heavy (non-hydrogen) atoms. The molecule has 108 valence electrons. The Kier molecular flexibility index (Phi) is 4.15. The van der Waals surface area contributed by atoms with E-state index in [1.165, 1.54) is 12.1 Å². The molecule has 1 aromatic heterocycles. The third-order valence-corrected chi connectivity index (χ3v) is 2.76. The van der Waals surface area contributed by atoms with Crippen molar-refractivity contribution in [2.24, 2.45) is 0 Å². The van der Waals surface area contributed by atoms with Gasteiger partial charge in [-0.1, -0.05) is 23.2 Å². The minimum Gasteiger partial charge on any atom is -0.426 e. The summed E-state index contributed by atoms with van der Waals surface area (Å²) in [4.78, 5) is 27.3. The summed E-state index contributed by atoms with van der Waals surface area (Å²) in [5, 5.41) is 21.5. The Hall–Kier alpha value is -2.52. The number of benzene rings is 1. The highest BCUT2D eigenvalue weighted by atomic mass is 35.5. The first-order valence-corrected chi connectivity index (χ1v) is 5.92. The van der Waals surface area contributed by atoms with Gasteiger partial charge in [-0.15, -0.1) is 0 Å². The summed E-state index contributed by atoms with van der Waals surface area (Å²) in [6, 6.07) is 3.57. The van der Waals surface area contributed by atoms with E-state index in [0.717, 1.165) is 12.4 Å². The highest BCUT2D eigenvalue weighted by Gasteiger charge is 2.26. The monoisotopic (exact) mass is 330 g/mol. The molecule has 0 fully saturated rings. The molecule has 2 aromatic rings. The average molecular weight is 331 g/mol. The number of nitrogens with zero attached hydrogens (tertiary/aromatic N) is 4. The van der Waals surface area contributed by atoms with Crippen LogP contribution in [-0.4, -0.2) is 19.8 Å². The lowest BCUT2D eigenvalue weighted by atomic mass is 10.3. The quantitative estimate of drug-likeness (QED) is 0.478. The van der Waals surface area contributed by atoms with E-state index in [-0.39, 0.29) is 10.8 Å². The third kappa shape index (κ3) is 3.15. The molecule has 11 heteroatoms. The normalized spacial score (nSPS) is 10.2. The van der Waals surface area contributed by atoms with Gasteiger partial charge in [-0.2, -0.15) is 4.98 Å². The first kappa shape index (κ1) is 14.9. The fraction of sp³-hybridized carbons (Fsp3) is 0. The van der Waals surface area contributed by atoms with Crippen molar-refractivity contribution in [2.75, 3.05) is 0 Å². The summed E-state index contributed by atoms with van der Waals surface area (Å²) in [5.41, 5.74) is -1.16. The van der Waals surface area contributed by atoms with Crippen molar-refractivity contribution in [2.45, 2.75) is 0 Å². The molecule has 0 aliphatic rings. The van der Waals surface area contributed by atoms with Gasteiger partial charge in [0.25, 0.3) is 0 Å². The summed E-state index contributed by atoms with van der Waals surface area (Å²) in [5.74, 6) is -0.771. The van der Waals surface area contributed by atoms with Crippen LogP contribution in [0.1, 0.15) is 0 Å². The van der Waals surface area contributed by atoms with Crippen LogP contribution in [0.2, 0.25) is 10.2 Å². The van der Waals surface area contributed by atoms with Gasteiger partial charge in [0, 0.05) is 11.1 Å². The van der Waals surface area contributed by atoms with Gasteiger partial charge in [-0.05, 0) is 12.1 Å². The van der Waals surface area contributed by atoms with Gasteiger partial charge in [0.2, 0.25) is 10.9 Å². The second-order valence-electron chi connectivity index (χ2n) is 3.55. The first-order valence-electron chi connectivity index (χ1n) is 5.17. The molecule has 0 saturated heterocycles. The Morgan fingerprint density at radius 3 is 2.43 bits per heavy atom. The molecule has 1 aromatic carbocycles. The van der Waals surface area contributed by atoms with Crippen LogP contribution in [-0.2, 0) is 0 Å². The summed E-state index contributed by atoms with van der Waals surface area (Å²) in [6.07, 6.45) is 0.937. The number of nitro groups is 2. The molecule has 1 heterocycles. The van der Waals surface area contributed by atoms with Crippen molar-refractivity contribution in [1.82, 2.24) is 9.97 Å². The molecule has 2 rings (SSSR count). The van der Waals surface area contributed by atoms with E-state index < -0.39 is 32.3 Å². The Morgan fingerprint density at radius 1 is 1.10 bits per heavy atom. The Labute approximate surface area is 126 Å². The SMILES string of the molecule is O=[N+]([O-])c1cc(Cl)ccc1Oc1ncnc(Cl)c1[N+](=O)[O-]. The van der Waals surface area contributed by atoms with E-state index in [0.29, 0.717) is 0 Å². The maximum absolute atomic E-state index is 10.9. The van der Waals surface area contributed by atoms with Gasteiger partial charge in [-0.3, -0.25) is 20.2 Å². The second-order valence-corrected chi connectivity index (χ2v) is 4.34. The zero-order valence-corrected chi connectivity index (χ0v) is 11.4. The molecule has 0 unspecified atom stereocenters. The van der Waals surface area contributed by atoms with Gasteiger partial charge in [0.05, 0.1) is 9.85 Å². The van der Waals surface area contributed by atoms with Crippen molar-refractivity contribution in [1.29, 1.82) is 0 Å². The molecule has 0 aliphatic heterocycles. The number of ether oxygens (including phenoxy) is 1. The lowest BCUT2D eigenvalue weighted by Gasteiger charge is -2.06. The Balaban J connectivity index is 2.51. The van der Waals surface area contributed by atoms with E-state index in [1.54, 1.807) is 0 Å². The van der Waals surface area contributed by atoms with E-state index in [9.17, 15) is 20.2 Å². The summed E-state index contributed by atoms with van der Waals surface area (Å²) in [7, 11) is 0. The standard InChI is InChI=1S/C10H4Cl2N4O5/c11-5-1-2-7(6(3-5)15(17)18)21-10-8(16(19)20)9(12)13-4-14-10/h1-4H. The van der Waals surface area contributed by atoms with Gasteiger partial charge >= 0.3 is 17.3 Å².